The van der Waals surface area contributed by atoms with Crippen molar-refractivity contribution in [1.29, 1.82) is 0 Å². The second-order valence-electron chi connectivity index (χ2n) is 6.72. The third-order valence-corrected chi connectivity index (χ3v) is 4.96. The lowest BCUT2D eigenvalue weighted by atomic mass is 10.0. The van der Waals surface area contributed by atoms with Gasteiger partial charge in [0.15, 0.2) is 5.76 Å². The highest BCUT2D eigenvalue weighted by Crippen LogP contribution is 2.20. The zero-order valence-electron chi connectivity index (χ0n) is 15.1. The molecule has 0 saturated carbocycles. The van der Waals surface area contributed by atoms with Crippen LogP contribution in [0.15, 0.2) is 22.8 Å². The van der Waals surface area contributed by atoms with E-state index in [-0.39, 0.29) is 30.3 Å². The molecule has 1 unspecified atom stereocenters. The molecule has 0 bridgehead atoms. The van der Waals surface area contributed by atoms with Crippen LogP contribution in [0.25, 0.3) is 0 Å². The van der Waals surface area contributed by atoms with Gasteiger partial charge in [-0.25, -0.2) is 0 Å². The van der Waals surface area contributed by atoms with E-state index in [1.807, 2.05) is 0 Å². The number of piperidine rings is 1. The first-order valence-corrected chi connectivity index (χ1v) is 9.31. The average molecular weight is 385 g/mol. The smallest absolute Gasteiger partial charge is 0.290 e. The molecule has 146 valence electrons. The van der Waals surface area contributed by atoms with E-state index in [1.54, 1.807) is 17.0 Å². The zero-order chi connectivity index (χ0) is 17.5. The number of nitrogens with one attached hydrogen (secondary N) is 2. The van der Waals surface area contributed by atoms with Crippen molar-refractivity contribution in [2.24, 2.45) is 0 Å². The Morgan fingerprint density at radius 2 is 2.04 bits per heavy atom. The van der Waals surface area contributed by atoms with E-state index in [0.29, 0.717) is 18.8 Å². The van der Waals surface area contributed by atoms with Gasteiger partial charge in [0, 0.05) is 39.3 Å². The van der Waals surface area contributed by atoms with Gasteiger partial charge in [-0.2, -0.15) is 0 Å². The van der Waals surface area contributed by atoms with Crippen LogP contribution in [0, 0.1) is 0 Å². The van der Waals surface area contributed by atoms with Gasteiger partial charge in [0.1, 0.15) is 6.04 Å². The van der Waals surface area contributed by atoms with E-state index in [4.69, 9.17) is 4.42 Å². The van der Waals surface area contributed by atoms with Crippen molar-refractivity contribution in [1.82, 2.24) is 20.4 Å². The monoisotopic (exact) mass is 384 g/mol. The predicted octanol–water partition coefficient (Wildman–Crippen LogP) is 1.11. The summed E-state index contributed by atoms with van der Waals surface area (Å²) < 4.78 is 5.21. The molecule has 2 N–H and O–H groups in total. The van der Waals surface area contributed by atoms with Crippen LogP contribution < -0.4 is 10.6 Å². The minimum Gasteiger partial charge on any atom is -0.459 e. The van der Waals surface area contributed by atoms with Gasteiger partial charge in [0.25, 0.3) is 5.91 Å². The number of carbonyl (C=O) groups is 2. The van der Waals surface area contributed by atoms with Gasteiger partial charge in [0.05, 0.1) is 6.26 Å². The van der Waals surface area contributed by atoms with E-state index < -0.39 is 0 Å². The normalized spacial score (nSPS) is 21.1. The summed E-state index contributed by atoms with van der Waals surface area (Å²) in [6, 6.07) is 2.97. The maximum atomic E-state index is 12.6. The molecule has 26 heavy (non-hydrogen) atoms. The van der Waals surface area contributed by atoms with Crippen LogP contribution in [-0.2, 0) is 4.79 Å². The highest BCUT2D eigenvalue weighted by Gasteiger charge is 2.33. The summed E-state index contributed by atoms with van der Waals surface area (Å²) in [4.78, 5) is 29.2. The SMILES string of the molecule is Cl.O=C(NCCCN1CCNCC1)C1CCCCN1C(=O)c1ccco1. The predicted molar refractivity (Wildman–Crippen MR) is 102 cm³/mol. The van der Waals surface area contributed by atoms with Crippen LogP contribution in [0.1, 0.15) is 36.2 Å². The number of halogens is 1. The molecular formula is C18H29ClN4O3. The number of likely N-dealkylation sites (tertiary alicyclic amines) is 1. The summed E-state index contributed by atoms with van der Waals surface area (Å²) in [6.07, 6.45) is 5.04. The molecule has 2 aliphatic rings. The Labute approximate surface area is 160 Å². The van der Waals surface area contributed by atoms with Crippen LogP contribution in [0.5, 0.6) is 0 Å². The molecule has 0 spiro atoms. The van der Waals surface area contributed by atoms with Gasteiger partial charge in [-0.15, -0.1) is 12.4 Å². The first-order chi connectivity index (χ1) is 12.3. The molecule has 2 fully saturated rings. The number of carbonyl (C=O) groups excluding carboxylic acids is 2. The first-order valence-electron chi connectivity index (χ1n) is 9.31. The van der Waals surface area contributed by atoms with E-state index in [2.05, 4.69) is 15.5 Å². The Balaban J connectivity index is 0.00000243. The van der Waals surface area contributed by atoms with Gasteiger partial charge in [0.2, 0.25) is 5.91 Å². The van der Waals surface area contributed by atoms with Gasteiger partial charge in [-0.1, -0.05) is 0 Å². The van der Waals surface area contributed by atoms with E-state index in [9.17, 15) is 9.59 Å². The number of hydrogen-bond donors (Lipinski definition) is 2. The number of nitrogens with zero attached hydrogens (tertiary/aromatic N) is 2. The largest absolute Gasteiger partial charge is 0.459 e. The number of piperazine rings is 1. The average Bonchev–Trinajstić information content (AvgIpc) is 3.20. The summed E-state index contributed by atoms with van der Waals surface area (Å²) >= 11 is 0. The maximum absolute atomic E-state index is 12.6. The highest BCUT2D eigenvalue weighted by atomic mass is 35.5. The maximum Gasteiger partial charge on any atom is 0.290 e. The van der Waals surface area contributed by atoms with Crippen LogP contribution in [0.2, 0.25) is 0 Å². The second-order valence-corrected chi connectivity index (χ2v) is 6.72. The summed E-state index contributed by atoms with van der Waals surface area (Å²) in [7, 11) is 0. The second kappa shape index (κ2) is 10.5. The lowest BCUT2D eigenvalue weighted by Gasteiger charge is -2.34. The molecule has 0 aliphatic carbocycles. The minimum absolute atomic E-state index is 0. The van der Waals surface area contributed by atoms with Crippen LogP contribution in [0.4, 0.5) is 0 Å². The standard InChI is InChI=1S/C18H28N4O3.ClH/c23-17(20-7-4-10-21-12-8-19-9-13-21)15-5-1-2-11-22(15)18(24)16-6-3-14-25-16;/h3,6,14-15,19H,1-2,4-5,7-13H2,(H,20,23);1H. The fourth-order valence-corrected chi connectivity index (χ4v) is 3.56. The molecule has 3 rings (SSSR count). The van der Waals surface area contributed by atoms with Crippen molar-refractivity contribution in [2.75, 3.05) is 45.8 Å². The Bertz CT molecular complexity index is 561. The van der Waals surface area contributed by atoms with Crippen molar-refractivity contribution in [3.63, 3.8) is 0 Å². The Kier molecular flexibility index (Phi) is 8.41. The summed E-state index contributed by atoms with van der Waals surface area (Å²) in [5.41, 5.74) is 0. The van der Waals surface area contributed by atoms with Crippen LogP contribution in [-0.4, -0.2) is 73.5 Å². The minimum atomic E-state index is -0.384. The van der Waals surface area contributed by atoms with Crippen molar-refractivity contribution in [3.05, 3.63) is 24.2 Å². The van der Waals surface area contributed by atoms with Crippen molar-refractivity contribution >= 4 is 24.2 Å². The third kappa shape index (κ3) is 5.46. The van der Waals surface area contributed by atoms with Gasteiger partial charge in [-0.05, 0) is 44.4 Å². The van der Waals surface area contributed by atoms with E-state index in [1.165, 1.54) is 6.26 Å². The number of hydrogen-bond acceptors (Lipinski definition) is 5. The molecule has 2 amide bonds. The van der Waals surface area contributed by atoms with Crippen molar-refractivity contribution in [3.8, 4) is 0 Å². The molecule has 0 radical (unpaired) electrons. The summed E-state index contributed by atoms with van der Waals surface area (Å²) in [6.45, 7) is 6.49. The molecule has 7 nitrogen and oxygen atoms in total. The van der Waals surface area contributed by atoms with E-state index in [0.717, 1.165) is 58.4 Å². The van der Waals surface area contributed by atoms with Gasteiger partial charge in [-0.3, -0.25) is 9.59 Å². The zero-order valence-corrected chi connectivity index (χ0v) is 15.9. The number of furan rings is 1. The van der Waals surface area contributed by atoms with Crippen LogP contribution in [0.3, 0.4) is 0 Å². The number of rotatable bonds is 6. The molecule has 3 heterocycles. The summed E-state index contributed by atoms with van der Waals surface area (Å²) in [5, 5.41) is 6.35. The topological polar surface area (TPSA) is 77.8 Å². The highest BCUT2D eigenvalue weighted by molar-refractivity contribution is 5.95. The van der Waals surface area contributed by atoms with Crippen molar-refractivity contribution in [2.45, 2.75) is 31.7 Å². The summed E-state index contributed by atoms with van der Waals surface area (Å²) in [5.74, 6) is 0.0731. The molecule has 1 aromatic rings. The van der Waals surface area contributed by atoms with Gasteiger partial charge >= 0.3 is 0 Å². The fourth-order valence-electron chi connectivity index (χ4n) is 3.56. The molecular weight excluding hydrogens is 356 g/mol. The molecule has 2 saturated heterocycles. The first kappa shape index (κ1) is 20.7. The van der Waals surface area contributed by atoms with Crippen molar-refractivity contribution < 1.29 is 14.0 Å². The van der Waals surface area contributed by atoms with Crippen LogP contribution >= 0.6 is 12.4 Å². The Morgan fingerprint density at radius 1 is 1.23 bits per heavy atom. The lowest BCUT2D eigenvalue weighted by molar-refractivity contribution is -0.126. The van der Waals surface area contributed by atoms with Gasteiger partial charge < -0.3 is 24.9 Å². The molecule has 2 aliphatic heterocycles. The Hall–Kier alpha value is -1.57. The lowest BCUT2D eigenvalue weighted by Crippen LogP contribution is -2.52. The number of amides is 2. The quantitative estimate of drug-likeness (QED) is 0.718. The third-order valence-electron chi connectivity index (χ3n) is 4.96. The van der Waals surface area contributed by atoms with E-state index >= 15 is 0 Å². The Morgan fingerprint density at radius 3 is 2.77 bits per heavy atom. The molecule has 8 heteroatoms. The molecule has 1 atom stereocenters. The molecule has 1 aromatic heterocycles. The fraction of sp³-hybridized carbons (Fsp3) is 0.667. The molecule has 0 aromatic carbocycles.